The number of aliphatic hydroxyl groups excluding tert-OH is 3. The lowest BCUT2D eigenvalue weighted by Gasteiger charge is -2.40. The lowest BCUT2D eigenvalue weighted by molar-refractivity contribution is -0.168. The maximum atomic E-state index is 16.2. The molecule has 3 unspecified atom stereocenters. The molecular formula is C70H114N16O25. The van der Waals surface area contributed by atoms with E-state index in [1.54, 1.807) is 13.8 Å². The number of nitrogens with zero attached hydrogens (tertiary/aromatic N) is 4. The maximum absolute atomic E-state index is 16.2. The number of likely N-dealkylation sites (N-methyl/N-ethyl adjacent to an activating group) is 1. The van der Waals surface area contributed by atoms with Gasteiger partial charge in [0, 0.05) is 45.4 Å². The number of piperidine rings is 1. The third kappa shape index (κ3) is 25.7. The first-order valence-electron chi connectivity index (χ1n) is 37.6. The van der Waals surface area contributed by atoms with Crippen LogP contribution in [0.1, 0.15) is 177 Å². The highest BCUT2D eigenvalue weighted by Gasteiger charge is 2.64. The first kappa shape index (κ1) is 93.6. The smallest absolute Gasteiger partial charge is 0.329 e. The highest BCUT2D eigenvalue weighted by molar-refractivity contribution is 6.04. The summed E-state index contributed by atoms with van der Waals surface area (Å²) in [5, 5.41) is 71.9. The number of amides is 15. The predicted molar refractivity (Wildman–Crippen MR) is 387 cm³/mol. The van der Waals surface area contributed by atoms with Gasteiger partial charge < -0.3 is 120 Å². The van der Waals surface area contributed by atoms with Crippen LogP contribution in [-0.2, 0) is 95.8 Å². The van der Waals surface area contributed by atoms with Crippen LogP contribution < -0.4 is 65.9 Å². The van der Waals surface area contributed by atoms with Crippen molar-refractivity contribution in [3.63, 3.8) is 0 Å². The summed E-state index contributed by atoms with van der Waals surface area (Å²) in [6, 6.07) is -25.6. The number of esters is 1. The van der Waals surface area contributed by atoms with Crippen LogP contribution in [-0.4, -0.2) is 287 Å². The van der Waals surface area contributed by atoms with Crippen molar-refractivity contribution in [2.24, 2.45) is 46.4 Å². The number of carbonyl (C=O) groups is 18. The Kier molecular flexibility index (Phi) is 36.9. The Balaban J connectivity index is 2.02. The van der Waals surface area contributed by atoms with E-state index in [-0.39, 0.29) is 64.5 Å². The number of rotatable bonds is 37. The molecular weight excluding hydrogens is 1460 g/mol. The van der Waals surface area contributed by atoms with E-state index in [9.17, 15) is 87.9 Å². The maximum Gasteiger partial charge on any atom is 0.329 e. The summed E-state index contributed by atoms with van der Waals surface area (Å²) in [4.78, 5) is 258. The molecule has 111 heavy (non-hydrogen) atoms. The Morgan fingerprint density at radius 1 is 0.667 bits per heavy atom. The first-order chi connectivity index (χ1) is 52.1. The molecule has 0 aromatic rings. The molecule has 0 spiro atoms. The molecule has 0 aromatic carbocycles. The number of aliphatic hydroxyl groups is 3. The van der Waals surface area contributed by atoms with E-state index in [4.69, 9.17) is 38.1 Å². The van der Waals surface area contributed by atoms with Gasteiger partial charge in [0.1, 0.15) is 66.5 Å². The van der Waals surface area contributed by atoms with Crippen LogP contribution in [0.15, 0.2) is 0 Å². The van der Waals surface area contributed by atoms with Crippen molar-refractivity contribution in [2.75, 3.05) is 26.7 Å². The molecule has 22 N–H and O–H groups in total. The number of aliphatic carboxylic acids is 2. The minimum absolute atomic E-state index is 0.0570. The third-order valence-electron chi connectivity index (χ3n) is 20.0. The van der Waals surface area contributed by atoms with Gasteiger partial charge in [0.15, 0.2) is 24.4 Å². The van der Waals surface area contributed by atoms with E-state index in [0.29, 0.717) is 17.7 Å². The Morgan fingerprint density at radius 3 is 1.86 bits per heavy atom. The van der Waals surface area contributed by atoms with E-state index >= 15 is 24.0 Å². The van der Waals surface area contributed by atoms with Crippen molar-refractivity contribution in [1.82, 2.24) is 56.8 Å². The second-order valence-corrected chi connectivity index (χ2v) is 29.4. The van der Waals surface area contributed by atoms with Crippen molar-refractivity contribution < 1.29 is 121 Å². The quantitative estimate of drug-likeness (QED) is 0.0203. The van der Waals surface area contributed by atoms with Gasteiger partial charge in [0.25, 0.3) is 11.8 Å². The fourth-order valence-corrected chi connectivity index (χ4v) is 14.4. The standard InChI is InChI=1S/C70H114N16O25/c1-10-12-13-14-15-22-45(90)76-38(30-46(91)92)61(100)77-36(23-25-43(72)88)54(95)55(96)65(104)81-48-34(7)51(58(74)97)86(68(48)107)53-57-50(33(5)6)85(69(53)108)52(35(8)87)64(103)78-37(20-16-18-27-71)60(99)79-39(29-32(3)4)66(105)83(9)41(24-26-44(73)89)62(101)82-49(56(59(75)98)110-11-2)63(102)80-40(31-47(93)94)67(106)84-28-19-17-21-42(84)70(109)111-57/h32-42,48-57,87,95-96H,10-31,71H2,1-9H3,(H2,72,88)(H2,73,89)(H2,74,97)(H2,75,98)(H,76,90)(H,77,100)(H,78,103)(H,79,99)(H,80,102)(H,81,104)(H,82,101)(H,91,92)(H,93,94)/t34-,35?,36+,37-,38-,39+,40-,41+,42?,48+,49+,50-,51-,52?,53-,54-,55-,56+,57-/m1/s1. The monoisotopic (exact) mass is 1580 g/mol. The van der Waals surface area contributed by atoms with Crippen molar-refractivity contribution in [3.8, 4) is 0 Å². The molecule has 4 aliphatic rings. The summed E-state index contributed by atoms with van der Waals surface area (Å²) in [5.41, 5.74) is 28.7. The zero-order valence-corrected chi connectivity index (χ0v) is 64.3. The molecule has 41 heteroatoms. The molecule has 2 bridgehead atoms. The number of likely N-dealkylation sites (tertiary alicyclic amines) is 1. The molecule has 4 fully saturated rings. The molecule has 19 atom stereocenters. The highest BCUT2D eigenvalue weighted by atomic mass is 16.6. The van der Waals surface area contributed by atoms with Crippen LogP contribution in [0.2, 0.25) is 0 Å². The molecule has 4 heterocycles. The van der Waals surface area contributed by atoms with E-state index in [2.05, 4.69) is 37.2 Å². The van der Waals surface area contributed by atoms with Gasteiger partial charge in [0.2, 0.25) is 76.8 Å². The molecule has 4 saturated heterocycles. The number of carboxylic acids is 2. The Labute approximate surface area is 642 Å². The number of carbonyl (C=O) groups excluding carboxylic acids is 16. The summed E-state index contributed by atoms with van der Waals surface area (Å²) in [5.74, 6) is -26.6. The number of fused-ring (bicyclic) bond motifs is 3. The topological polar surface area (TPSA) is 654 Å². The molecule has 0 radical (unpaired) electrons. The molecule has 0 saturated carbocycles. The van der Waals surface area contributed by atoms with Gasteiger partial charge in [0.05, 0.1) is 31.0 Å². The lowest BCUT2D eigenvalue weighted by Crippen LogP contribution is -2.64. The normalized spacial score (nSPS) is 26.4. The van der Waals surface area contributed by atoms with Crippen LogP contribution in [0.3, 0.4) is 0 Å². The molecule has 4 rings (SSSR count). The molecule has 0 aromatic heterocycles. The minimum atomic E-state index is -2.72. The Bertz CT molecular complexity index is 3380. The second-order valence-electron chi connectivity index (χ2n) is 29.4. The first-order valence-corrected chi connectivity index (χ1v) is 37.6. The van der Waals surface area contributed by atoms with Gasteiger partial charge in [-0.05, 0) is 96.4 Å². The Hall–Kier alpha value is -9.74. The predicted octanol–water partition coefficient (Wildman–Crippen LogP) is -6.54. The number of nitrogens with one attached hydrogen (secondary N) is 7. The number of hydrogen-bond donors (Lipinski definition) is 17. The highest BCUT2D eigenvalue weighted by Crippen LogP contribution is 2.40. The van der Waals surface area contributed by atoms with E-state index in [1.165, 1.54) is 27.7 Å². The van der Waals surface area contributed by atoms with E-state index in [0.717, 1.165) is 47.9 Å². The van der Waals surface area contributed by atoms with Crippen LogP contribution in [0.4, 0.5) is 0 Å². The summed E-state index contributed by atoms with van der Waals surface area (Å²) < 4.78 is 11.9. The van der Waals surface area contributed by atoms with Crippen LogP contribution in [0.25, 0.3) is 0 Å². The van der Waals surface area contributed by atoms with Crippen LogP contribution in [0, 0.1) is 17.8 Å². The van der Waals surface area contributed by atoms with E-state index in [1.807, 2.05) is 6.92 Å². The summed E-state index contributed by atoms with van der Waals surface area (Å²) in [7, 11) is 1.09. The second kappa shape index (κ2) is 43.8. The summed E-state index contributed by atoms with van der Waals surface area (Å²) >= 11 is 0. The van der Waals surface area contributed by atoms with Crippen LogP contribution >= 0.6 is 0 Å². The van der Waals surface area contributed by atoms with Crippen molar-refractivity contribution >= 4 is 107 Å². The van der Waals surface area contributed by atoms with Gasteiger partial charge in [-0.25, -0.2) is 4.79 Å². The fraction of sp³-hybridized carbons (Fsp3) is 0.743. The fourth-order valence-electron chi connectivity index (χ4n) is 14.4. The number of unbranched alkanes of at least 4 members (excludes halogenated alkanes) is 5. The number of nitrogens with two attached hydrogens (primary N) is 5. The summed E-state index contributed by atoms with van der Waals surface area (Å²) in [6.45, 7) is 11.0. The summed E-state index contributed by atoms with van der Waals surface area (Å²) in [6.07, 6.45) is -13.1. The van der Waals surface area contributed by atoms with Crippen LogP contribution in [0.5, 0.6) is 0 Å². The number of carboxylic acid groups (broad SMARTS) is 2. The number of hydrogen-bond acceptors (Lipinski definition) is 24. The number of primary amides is 4. The number of ether oxygens (including phenoxy) is 2. The van der Waals surface area contributed by atoms with Gasteiger partial charge in [-0.3, -0.25) is 81.5 Å². The van der Waals surface area contributed by atoms with Gasteiger partial charge in [-0.1, -0.05) is 67.2 Å². The average Bonchev–Trinajstić information content (AvgIpc) is 1.57. The Morgan fingerprint density at radius 2 is 1.30 bits per heavy atom. The van der Waals surface area contributed by atoms with Crippen molar-refractivity contribution in [3.05, 3.63) is 0 Å². The molecule has 41 nitrogen and oxygen atoms in total. The zero-order valence-electron chi connectivity index (χ0n) is 64.3. The van der Waals surface area contributed by atoms with Gasteiger partial charge >= 0.3 is 17.9 Å². The molecule has 0 aliphatic carbocycles. The largest absolute Gasteiger partial charge is 0.481 e. The lowest BCUT2D eigenvalue weighted by atomic mass is 9.93. The third-order valence-corrected chi connectivity index (χ3v) is 20.0. The SMILES string of the molecule is CCCCCCCC(=O)N[C@H](CC(=O)O)C(=O)N[C@@H](CCC(N)=O)[C@@H](O)[C@@H](O)C(=O)N[C@@H]1C(=O)N([C@H]2C(=O)N3C(C(C)O)C(=O)N[C@H](CCCCN)C(=O)N[C@@H](CC(C)C)C(=O)N(C)[C@@H](CCC(N)=O)C(=O)N[C@@H]([C@H](OCC)C(N)=O)C(=O)N[C@H](CC(=O)O)C(=O)N4CCCCC4C(=O)O[C@@H]2[C@H]3C(C)C)[C@@H](C(N)=O)[C@@H]1C. The molecule has 15 amide bonds. The van der Waals surface area contributed by atoms with Crippen molar-refractivity contribution in [1.29, 1.82) is 0 Å². The van der Waals surface area contributed by atoms with E-state index < -0.39 is 278 Å². The van der Waals surface area contributed by atoms with Gasteiger partial charge in [-0.2, -0.15) is 0 Å². The minimum Gasteiger partial charge on any atom is -0.481 e. The molecule has 4 aliphatic heterocycles. The average molecular weight is 1580 g/mol. The van der Waals surface area contributed by atoms with Gasteiger partial charge in [-0.15, -0.1) is 0 Å². The zero-order chi connectivity index (χ0) is 83.7. The van der Waals surface area contributed by atoms with Crippen molar-refractivity contribution in [2.45, 2.75) is 286 Å². The molecule has 624 valence electrons.